The molecule has 0 aromatic heterocycles. The first-order valence-electron chi connectivity index (χ1n) is 16.2. The highest BCUT2D eigenvalue weighted by Gasteiger charge is 2.15. The van der Waals surface area contributed by atoms with Crippen molar-refractivity contribution in [1.82, 2.24) is 0 Å². The van der Waals surface area contributed by atoms with Crippen molar-refractivity contribution in [2.45, 2.75) is 0 Å². The standard InChI is InChI=1S/C46H31N/c1-2-14-41(15-3-1)47(46-19-9-13-34-11-5-7-17-45(34)46)42-26-24-32(25-27-42)35-20-21-36-30-40-31-38(23-22-37(40)29-39(36)28-35)44-18-8-12-33-10-4-6-16-43(33)44/h1-31H. The average molecular weight is 598 g/mol. The Balaban J connectivity index is 1.08. The van der Waals surface area contributed by atoms with Crippen molar-refractivity contribution in [1.29, 1.82) is 0 Å². The van der Waals surface area contributed by atoms with Crippen LogP contribution in [0.25, 0.3) is 65.3 Å². The Hall–Kier alpha value is -6.18. The van der Waals surface area contributed by atoms with Gasteiger partial charge in [0, 0.05) is 16.8 Å². The molecule has 0 N–H and O–H groups in total. The summed E-state index contributed by atoms with van der Waals surface area (Å²) in [4.78, 5) is 2.35. The van der Waals surface area contributed by atoms with Gasteiger partial charge in [-0.05, 0) is 115 Å². The van der Waals surface area contributed by atoms with Gasteiger partial charge in [0.1, 0.15) is 0 Å². The molecule has 0 amide bonds. The van der Waals surface area contributed by atoms with Crippen LogP contribution < -0.4 is 4.90 Å². The fourth-order valence-corrected chi connectivity index (χ4v) is 7.03. The summed E-state index contributed by atoms with van der Waals surface area (Å²) in [6.07, 6.45) is 0. The van der Waals surface area contributed by atoms with Gasteiger partial charge in [-0.15, -0.1) is 0 Å². The highest BCUT2D eigenvalue weighted by molar-refractivity contribution is 6.04. The van der Waals surface area contributed by atoms with Crippen molar-refractivity contribution in [3.05, 3.63) is 188 Å². The van der Waals surface area contributed by atoms with Gasteiger partial charge in [0.05, 0.1) is 5.69 Å². The van der Waals surface area contributed by atoms with E-state index in [4.69, 9.17) is 0 Å². The van der Waals surface area contributed by atoms with E-state index in [-0.39, 0.29) is 0 Å². The van der Waals surface area contributed by atoms with Gasteiger partial charge in [-0.1, -0.05) is 133 Å². The Morgan fingerprint density at radius 3 is 1.55 bits per heavy atom. The number of rotatable bonds is 5. The Morgan fingerprint density at radius 2 is 0.809 bits per heavy atom. The van der Waals surface area contributed by atoms with Crippen LogP contribution in [0.15, 0.2) is 188 Å². The summed E-state index contributed by atoms with van der Waals surface area (Å²) in [6.45, 7) is 0. The first-order valence-corrected chi connectivity index (χ1v) is 16.2. The van der Waals surface area contributed by atoms with Crippen LogP contribution in [0, 0.1) is 0 Å². The lowest BCUT2D eigenvalue weighted by Crippen LogP contribution is -2.10. The van der Waals surface area contributed by atoms with Gasteiger partial charge >= 0.3 is 0 Å². The number of hydrogen-bond donors (Lipinski definition) is 0. The molecule has 0 spiro atoms. The first-order chi connectivity index (χ1) is 23.3. The second kappa shape index (κ2) is 11.3. The minimum Gasteiger partial charge on any atom is -0.310 e. The van der Waals surface area contributed by atoms with Gasteiger partial charge in [-0.25, -0.2) is 0 Å². The summed E-state index contributed by atoms with van der Waals surface area (Å²) in [5, 5.41) is 10.0. The number of hydrogen-bond acceptors (Lipinski definition) is 1. The highest BCUT2D eigenvalue weighted by Crippen LogP contribution is 2.40. The molecule has 0 fully saturated rings. The Labute approximate surface area is 274 Å². The molecule has 9 aromatic carbocycles. The van der Waals surface area contributed by atoms with Crippen LogP contribution in [-0.2, 0) is 0 Å². The summed E-state index contributed by atoms with van der Waals surface area (Å²) in [6, 6.07) is 68.2. The van der Waals surface area contributed by atoms with Gasteiger partial charge < -0.3 is 4.90 Å². The monoisotopic (exact) mass is 597 g/mol. The molecule has 0 saturated heterocycles. The van der Waals surface area contributed by atoms with E-state index in [2.05, 4.69) is 193 Å². The molecule has 0 bridgehead atoms. The van der Waals surface area contributed by atoms with Gasteiger partial charge in [0.15, 0.2) is 0 Å². The molecule has 0 heterocycles. The van der Waals surface area contributed by atoms with Crippen LogP contribution in [-0.4, -0.2) is 0 Å². The van der Waals surface area contributed by atoms with Crippen LogP contribution in [0.1, 0.15) is 0 Å². The number of anilines is 3. The van der Waals surface area contributed by atoms with Crippen molar-refractivity contribution < 1.29 is 0 Å². The van der Waals surface area contributed by atoms with Crippen molar-refractivity contribution >= 4 is 60.2 Å². The van der Waals surface area contributed by atoms with E-state index in [1.54, 1.807) is 0 Å². The molecule has 0 saturated carbocycles. The number of fused-ring (bicyclic) bond motifs is 4. The Morgan fingerprint density at radius 1 is 0.277 bits per heavy atom. The largest absolute Gasteiger partial charge is 0.310 e. The first kappa shape index (κ1) is 27.2. The van der Waals surface area contributed by atoms with Crippen LogP contribution in [0.3, 0.4) is 0 Å². The van der Waals surface area contributed by atoms with E-state index in [9.17, 15) is 0 Å². The molecule has 47 heavy (non-hydrogen) atoms. The van der Waals surface area contributed by atoms with E-state index in [0.717, 1.165) is 11.4 Å². The van der Waals surface area contributed by atoms with Gasteiger partial charge in [0.2, 0.25) is 0 Å². The third-order valence-corrected chi connectivity index (χ3v) is 9.38. The van der Waals surface area contributed by atoms with Gasteiger partial charge in [-0.2, -0.15) is 0 Å². The van der Waals surface area contributed by atoms with Crippen molar-refractivity contribution in [2.24, 2.45) is 0 Å². The lowest BCUT2D eigenvalue weighted by atomic mass is 9.94. The minimum absolute atomic E-state index is 1.13. The van der Waals surface area contributed by atoms with Crippen molar-refractivity contribution in [3.8, 4) is 22.3 Å². The van der Waals surface area contributed by atoms with Crippen LogP contribution in [0.5, 0.6) is 0 Å². The minimum atomic E-state index is 1.13. The zero-order valence-electron chi connectivity index (χ0n) is 25.8. The third kappa shape index (κ3) is 4.90. The zero-order valence-corrected chi connectivity index (χ0v) is 25.8. The molecule has 1 nitrogen and oxygen atoms in total. The normalized spacial score (nSPS) is 11.4. The number of nitrogens with zero attached hydrogens (tertiary/aromatic N) is 1. The molecule has 0 unspecified atom stereocenters. The maximum Gasteiger partial charge on any atom is 0.0540 e. The summed E-state index contributed by atoms with van der Waals surface area (Å²) in [5.41, 5.74) is 8.37. The molecule has 0 radical (unpaired) electrons. The Bertz CT molecular complexity index is 2550. The highest BCUT2D eigenvalue weighted by atomic mass is 15.1. The molecule has 0 aliphatic rings. The van der Waals surface area contributed by atoms with Crippen LogP contribution in [0.4, 0.5) is 17.1 Å². The lowest BCUT2D eigenvalue weighted by molar-refractivity contribution is 1.30. The third-order valence-electron chi connectivity index (χ3n) is 9.38. The van der Waals surface area contributed by atoms with Crippen molar-refractivity contribution in [2.75, 3.05) is 4.90 Å². The topological polar surface area (TPSA) is 3.24 Å². The SMILES string of the molecule is c1ccc(N(c2ccc(-c3ccc4cc5cc(-c6cccc7ccccc67)ccc5cc4c3)cc2)c2cccc3ccccc23)cc1. The smallest absolute Gasteiger partial charge is 0.0540 e. The fourth-order valence-electron chi connectivity index (χ4n) is 7.03. The van der Waals surface area contributed by atoms with E-state index < -0.39 is 0 Å². The van der Waals surface area contributed by atoms with E-state index >= 15 is 0 Å². The molecule has 220 valence electrons. The fraction of sp³-hybridized carbons (Fsp3) is 0. The molecule has 1 heteroatoms. The van der Waals surface area contributed by atoms with Crippen molar-refractivity contribution in [3.63, 3.8) is 0 Å². The van der Waals surface area contributed by atoms with E-state index in [1.165, 1.54) is 71.0 Å². The maximum absolute atomic E-state index is 2.35. The maximum atomic E-state index is 2.35. The summed E-state index contributed by atoms with van der Waals surface area (Å²) < 4.78 is 0. The predicted molar refractivity (Wildman–Crippen MR) is 202 cm³/mol. The van der Waals surface area contributed by atoms with Crippen LogP contribution in [0.2, 0.25) is 0 Å². The molecular weight excluding hydrogens is 567 g/mol. The van der Waals surface area contributed by atoms with Crippen LogP contribution >= 0.6 is 0 Å². The molecule has 0 aliphatic carbocycles. The predicted octanol–water partition coefficient (Wildman–Crippen LogP) is 13.1. The van der Waals surface area contributed by atoms with Gasteiger partial charge in [0.25, 0.3) is 0 Å². The number of para-hydroxylation sites is 1. The molecule has 0 aliphatic heterocycles. The van der Waals surface area contributed by atoms with E-state index in [1.807, 2.05) is 0 Å². The number of benzene rings is 9. The van der Waals surface area contributed by atoms with Gasteiger partial charge in [-0.3, -0.25) is 0 Å². The second-order valence-corrected chi connectivity index (χ2v) is 12.2. The summed E-state index contributed by atoms with van der Waals surface area (Å²) in [5.74, 6) is 0. The molecule has 9 rings (SSSR count). The Kier molecular flexibility index (Phi) is 6.54. The van der Waals surface area contributed by atoms with E-state index in [0.29, 0.717) is 0 Å². The summed E-state index contributed by atoms with van der Waals surface area (Å²) in [7, 11) is 0. The molecule has 9 aromatic rings. The second-order valence-electron chi connectivity index (χ2n) is 12.2. The average Bonchev–Trinajstić information content (AvgIpc) is 3.14. The summed E-state index contributed by atoms with van der Waals surface area (Å²) >= 11 is 0. The molecule has 0 atom stereocenters. The molecular formula is C46H31N. The lowest BCUT2D eigenvalue weighted by Gasteiger charge is -2.27. The zero-order chi connectivity index (χ0) is 31.2. The quantitative estimate of drug-likeness (QED) is 0.178.